The van der Waals surface area contributed by atoms with Gasteiger partial charge < -0.3 is 0 Å². The van der Waals surface area contributed by atoms with Crippen LogP contribution >= 0.6 is 0 Å². The van der Waals surface area contributed by atoms with Crippen molar-refractivity contribution in [2.45, 2.75) is 6.54 Å². The molecular formula is C22H15N2+. The Bertz CT molecular complexity index is 1260. The van der Waals surface area contributed by atoms with Crippen molar-refractivity contribution >= 4 is 27.3 Å². The molecule has 2 heteroatoms. The zero-order valence-electron chi connectivity index (χ0n) is 13.1. The molecule has 0 aliphatic carbocycles. The van der Waals surface area contributed by atoms with E-state index in [0.717, 1.165) is 6.54 Å². The third-order valence-electron chi connectivity index (χ3n) is 5.22. The fraction of sp³-hybridized carbons (Fsp3) is 0.0455. The second-order valence-electron chi connectivity index (χ2n) is 6.52. The monoisotopic (exact) mass is 307 g/mol. The number of hydrogen-bond donors (Lipinski definition) is 0. The SMILES string of the molecule is c1ccc(-c2c[n+]3c4c5c(cccc5c5ccccc5n24)C3)cc1. The molecule has 112 valence electrons. The summed E-state index contributed by atoms with van der Waals surface area (Å²) in [6.07, 6.45) is 2.30. The van der Waals surface area contributed by atoms with Gasteiger partial charge in [-0.05, 0) is 6.07 Å². The topological polar surface area (TPSA) is 8.29 Å². The Labute approximate surface area is 139 Å². The lowest BCUT2D eigenvalue weighted by molar-refractivity contribution is -0.657. The lowest BCUT2D eigenvalue weighted by Crippen LogP contribution is -2.28. The molecule has 1 aliphatic rings. The van der Waals surface area contributed by atoms with Gasteiger partial charge in [0.2, 0.25) is 0 Å². The lowest BCUT2D eigenvalue weighted by Gasteiger charge is -2.05. The van der Waals surface area contributed by atoms with E-state index in [0.29, 0.717) is 0 Å². The Morgan fingerprint density at radius 1 is 0.750 bits per heavy atom. The van der Waals surface area contributed by atoms with Crippen molar-refractivity contribution < 1.29 is 4.57 Å². The molecule has 24 heavy (non-hydrogen) atoms. The van der Waals surface area contributed by atoms with E-state index in [9.17, 15) is 0 Å². The minimum Gasteiger partial charge on any atom is -0.225 e. The average molecular weight is 307 g/mol. The summed E-state index contributed by atoms with van der Waals surface area (Å²) in [5.41, 5.74) is 6.54. The molecule has 3 heterocycles. The quantitative estimate of drug-likeness (QED) is 0.311. The van der Waals surface area contributed by atoms with Crippen LogP contribution in [0.2, 0.25) is 0 Å². The number of imidazole rings is 1. The average Bonchev–Trinajstić information content (AvgIpc) is 3.19. The molecule has 2 aromatic heterocycles. The normalized spacial score (nSPS) is 12.8. The molecular weight excluding hydrogens is 292 g/mol. The van der Waals surface area contributed by atoms with Crippen LogP contribution in [0.5, 0.6) is 0 Å². The second-order valence-corrected chi connectivity index (χ2v) is 6.52. The predicted octanol–water partition coefficient (Wildman–Crippen LogP) is 4.56. The standard InChI is InChI=1S/C22H15N2/c1-2-7-15(8-3-1)20-14-23-13-16-9-6-11-18-17-10-4-5-12-19(17)24(20)22(23)21(16)18/h1-12,14H,13H2/q+1. The van der Waals surface area contributed by atoms with Crippen LogP contribution < -0.4 is 4.57 Å². The highest BCUT2D eigenvalue weighted by Gasteiger charge is 2.30. The Balaban J connectivity index is 1.94. The van der Waals surface area contributed by atoms with Crippen molar-refractivity contribution in [1.82, 2.24) is 4.40 Å². The summed E-state index contributed by atoms with van der Waals surface area (Å²) in [6.45, 7) is 0.958. The van der Waals surface area contributed by atoms with Gasteiger partial charge >= 0.3 is 0 Å². The van der Waals surface area contributed by atoms with Gasteiger partial charge in [0.1, 0.15) is 18.3 Å². The molecule has 0 unspecified atom stereocenters. The largest absolute Gasteiger partial charge is 0.295 e. The van der Waals surface area contributed by atoms with Gasteiger partial charge in [0, 0.05) is 21.9 Å². The molecule has 0 amide bonds. The van der Waals surface area contributed by atoms with Gasteiger partial charge in [-0.15, -0.1) is 0 Å². The Morgan fingerprint density at radius 2 is 1.54 bits per heavy atom. The van der Waals surface area contributed by atoms with E-state index in [1.54, 1.807) is 0 Å². The van der Waals surface area contributed by atoms with E-state index in [1.165, 1.54) is 44.1 Å². The van der Waals surface area contributed by atoms with Crippen molar-refractivity contribution in [3.05, 3.63) is 84.6 Å². The molecule has 0 fully saturated rings. The van der Waals surface area contributed by atoms with Crippen LogP contribution in [0.15, 0.2) is 79.0 Å². The van der Waals surface area contributed by atoms with Crippen LogP contribution in [0, 0.1) is 0 Å². The molecule has 6 rings (SSSR count). The highest BCUT2D eigenvalue weighted by molar-refractivity contribution is 6.13. The summed E-state index contributed by atoms with van der Waals surface area (Å²) in [5, 5.41) is 4.08. The van der Waals surface area contributed by atoms with Crippen molar-refractivity contribution in [2.75, 3.05) is 0 Å². The van der Waals surface area contributed by atoms with E-state index >= 15 is 0 Å². The van der Waals surface area contributed by atoms with Gasteiger partial charge in [0.15, 0.2) is 5.69 Å². The number of hydrogen-bond acceptors (Lipinski definition) is 0. The van der Waals surface area contributed by atoms with Gasteiger partial charge in [-0.3, -0.25) is 0 Å². The van der Waals surface area contributed by atoms with Crippen molar-refractivity contribution in [3.8, 4) is 11.3 Å². The van der Waals surface area contributed by atoms with Crippen LogP contribution in [0.4, 0.5) is 0 Å². The summed E-state index contributed by atoms with van der Waals surface area (Å²) in [7, 11) is 0. The molecule has 0 N–H and O–H groups in total. The van der Waals surface area contributed by atoms with Gasteiger partial charge in [0.25, 0.3) is 5.65 Å². The summed E-state index contributed by atoms with van der Waals surface area (Å²) in [5.74, 6) is 0. The minimum absolute atomic E-state index is 0.958. The summed E-state index contributed by atoms with van der Waals surface area (Å²) in [6, 6.07) is 26.1. The first-order valence-corrected chi connectivity index (χ1v) is 8.34. The summed E-state index contributed by atoms with van der Waals surface area (Å²) >= 11 is 0. The van der Waals surface area contributed by atoms with E-state index in [4.69, 9.17) is 0 Å². The fourth-order valence-corrected chi connectivity index (χ4v) is 4.24. The van der Waals surface area contributed by atoms with Gasteiger partial charge in [-0.1, -0.05) is 66.7 Å². The maximum Gasteiger partial charge on any atom is 0.295 e. The van der Waals surface area contributed by atoms with Gasteiger partial charge in [-0.25, -0.2) is 4.57 Å². The van der Waals surface area contributed by atoms with E-state index in [2.05, 4.69) is 88.0 Å². The van der Waals surface area contributed by atoms with Gasteiger partial charge in [0.05, 0.1) is 5.39 Å². The third-order valence-corrected chi connectivity index (χ3v) is 5.22. The molecule has 0 saturated heterocycles. The number of para-hydroxylation sites is 1. The minimum atomic E-state index is 0.958. The highest BCUT2D eigenvalue weighted by atomic mass is 15.1. The van der Waals surface area contributed by atoms with Crippen LogP contribution in [0.3, 0.4) is 0 Å². The smallest absolute Gasteiger partial charge is 0.225 e. The molecule has 5 aromatic rings. The Morgan fingerprint density at radius 3 is 2.46 bits per heavy atom. The van der Waals surface area contributed by atoms with Crippen molar-refractivity contribution in [1.29, 1.82) is 0 Å². The number of aromatic nitrogens is 2. The zero-order chi connectivity index (χ0) is 15.7. The van der Waals surface area contributed by atoms with Crippen LogP contribution in [-0.2, 0) is 6.54 Å². The summed E-state index contributed by atoms with van der Waals surface area (Å²) in [4.78, 5) is 0. The number of benzene rings is 3. The van der Waals surface area contributed by atoms with Crippen molar-refractivity contribution in [3.63, 3.8) is 0 Å². The van der Waals surface area contributed by atoms with Crippen LogP contribution in [0.1, 0.15) is 5.56 Å². The number of nitrogens with zero attached hydrogens (tertiary/aromatic N) is 2. The zero-order valence-corrected chi connectivity index (χ0v) is 13.1. The first kappa shape index (κ1) is 12.3. The van der Waals surface area contributed by atoms with Crippen LogP contribution in [0.25, 0.3) is 38.6 Å². The van der Waals surface area contributed by atoms with Crippen molar-refractivity contribution in [2.24, 2.45) is 0 Å². The first-order chi connectivity index (χ1) is 11.9. The molecule has 0 radical (unpaired) electrons. The number of rotatable bonds is 1. The first-order valence-electron chi connectivity index (χ1n) is 8.34. The highest BCUT2D eigenvalue weighted by Crippen LogP contribution is 2.36. The Kier molecular flexibility index (Phi) is 2.17. The van der Waals surface area contributed by atoms with Crippen LogP contribution in [-0.4, -0.2) is 4.40 Å². The molecule has 2 nitrogen and oxygen atoms in total. The number of fused-ring (bicyclic) bond motifs is 3. The fourth-order valence-electron chi connectivity index (χ4n) is 4.24. The molecule has 1 aliphatic heterocycles. The lowest BCUT2D eigenvalue weighted by atomic mass is 10.0. The molecule has 0 atom stereocenters. The molecule has 0 spiro atoms. The maximum atomic E-state index is 2.43. The third kappa shape index (κ3) is 1.39. The van der Waals surface area contributed by atoms with E-state index in [1.807, 2.05) is 0 Å². The summed E-state index contributed by atoms with van der Waals surface area (Å²) < 4.78 is 4.83. The number of pyridine rings is 1. The molecule has 0 saturated carbocycles. The molecule has 3 aromatic carbocycles. The predicted molar refractivity (Wildman–Crippen MR) is 97.1 cm³/mol. The van der Waals surface area contributed by atoms with E-state index in [-0.39, 0.29) is 0 Å². The Hall–Kier alpha value is -3.13. The van der Waals surface area contributed by atoms with Gasteiger partial charge in [-0.2, -0.15) is 4.40 Å². The maximum absolute atomic E-state index is 2.43. The van der Waals surface area contributed by atoms with E-state index < -0.39 is 0 Å². The second kappa shape index (κ2) is 4.24. The molecule has 0 bridgehead atoms.